The van der Waals surface area contributed by atoms with Crippen LogP contribution >= 0.6 is 0 Å². The third-order valence-electron chi connectivity index (χ3n) is 3.50. The molecule has 0 spiro atoms. The van der Waals surface area contributed by atoms with E-state index in [4.69, 9.17) is 10.2 Å². The molecule has 0 heterocycles. The Morgan fingerprint density at radius 3 is 1.88 bits per heavy atom. The van der Waals surface area contributed by atoms with Crippen LogP contribution in [0.15, 0.2) is 0 Å². The number of carboxylic acids is 2. The second-order valence-corrected chi connectivity index (χ2v) is 5.59. The molecule has 0 unspecified atom stereocenters. The van der Waals surface area contributed by atoms with Gasteiger partial charge < -0.3 is 10.2 Å². The van der Waals surface area contributed by atoms with E-state index in [0.717, 1.165) is 25.7 Å². The summed E-state index contributed by atoms with van der Waals surface area (Å²) < 4.78 is 0. The lowest BCUT2D eigenvalue weighted by molar-refractivity contribution is -0.143. The van der Waals surface area contributed by atoms with Gasteiger partial charge in [-0.05, 0) is 31.1 Å². The van der Waals surface area contributed by atoms with E-state index in [0.29, 0.717) is 5.41 Å². The van der Waals surface area contributed by atoms with E-state index < -0.39 is 11.9 Å². The van der Waals surface area contributed by atoms with E-state index in [1.807, 2.05) is 0 Å². The highest BCUT2D eigenvalue weighted by Crippen LogP contribution is 2.36. The first kappa shape index (κ1) is 14.0. The van der Waals surface area contributed by atoms with Crippen LogP contribution in [0, 0.1) is 5.41 Å². The first-order valence-corrected chi connectivity index (χ1v) is 5.98. The Balaban J connectivity index is 2.58. The molecule has 1 saturated carbocycles. The highest BCUT2D eigenvalue weighted by molar-refractivity contribution is 5.72. The number of rotatable bonds is 5. The predicted molar refractivity (Wildman–Crippen MR) is 62.9 cm³/mol. The molecule has 0 radical (unpaired) electrons. The Hall–Kier alpha value is -1.10. The zero-order valence-electron chi connectivity index (χ0n) is 10.5. The van der Waals surface area contributed by atoms with Gasteiger partial charge in [-0.1, -0.05) is 13.8 Å². The topological polar surface area (TPSA) is 77.8 Å². The minimum atomic E-state index is -0.962. The predicted octanol–water partition coefficient (Wildman–Crippen LogP) is 1.43. The second-order valence-electron chi connectivity index (χ2n) is 5.59. The summed E-state index contributed by atoms with van der Waals surface area (Å²) in [6.45, 7) is 4.03. The average Bonchev–Trinajstić information content (AvgIpc) is 2.14. The van der Waals surface area contributed by atoms with Crippen molar-refractivity contribution in [3.8, 4) is 0 Å². The standard InChI is InChI=1S/C12H21NO4/c1-12(2)5-3-9(4-6-12)13(7-10(14)15)8-11(16)17/h9H,3-8H2,1-2H3,(H,14,15)(H,16,17). The van der Waals surface area contributed by atoms with Gasteiger partial charge in [-0.2, -0.15) is 0 Å². The number of hydrogen-bond donors (Lipinski definition) is 2. The molecular weight excluding hydrogens is 222 g/mol. The Morgan fingerprint density at radius 1 is 1.12 bits per heavy atom. The molecule has 0 atom stereocenters. The van der Waals surface area contributed by atoms with Crippen molar-refractivity contribution in [2.75, 3.05) is 13.1 Å². The van der Waals surface area contributed by atoms with Crippen LogP contribution < -0.4 is 0 Å². The molecule has 0 aromatic carbocycles. The molecule has 1 aliphatic carbocycles. The fraction of sp³-hybridized carbons (Fsp3) is 0.833. The van der Waals surface area contributed by atoms with Gasteiger partial charge in [0.25, 0.3) is 0 Å². The lowest BCUT2D eigenvalue weighted by Gasteiger charge is -2.39. The molecule has 0 aromatic rings. The first-order valence-electron chi connectivity index (χ1n) is 5.98. The van der Waals surface area contributed by atoms with E-state index in [1.165, 1.54) is 0 Å². The van der Waals surface area contributed by atoms with Crippen LogP contribution in [0.1, 0.15) is 39.5 Å². The van der Waals surface area contributed by atoms with Crippen LogP contribution in [0.2, 0.25) is 0 Å². The van der Waals surface area contributed by atoms with Crippen LogP contribution in [0.3, 0.4) is 0 Å². The van der Waals surface area contributed by atoms with Crippen LogP contribution in [0.25, 0.3) is 0 Å². The van der Waals surface area contributed by atoms with Crippen molar-refractivity contribution < 1.29 is 19.8 Å². The summed E-state index contributed by atoms with van der Waals surface area (Å²) in [5.41, 5.74) is 0.300. The largest absolute Gasteiger partial charge is 0.480 e. The number of carbonyl (C=O) groups is 2. The van der Waals surface area contributed by atoms with E-state index in [2.05, 4.69) is 13.8 Å². The van der Waals surface area contributed by atoms with Gasteiger partial charge in [0.1, 0.15) is 0 Å². The van der Waals surface area contributed by atoms with Gasteiger partial charge in [-0.15, -0.1) is 0 Å². The van der Waals surface area contributed by atoms with Crippen molar-refractivity contribution in [3.05, 3.63) is 0 Å². The maximum absolute atomic E-state index is 10.7. The average molecular weight is 243 g/mol. The Kier molecular flexibility index (Phi) is 4.51. The summed E-state index contributed by atoms with van der Waals surface area (Å²) in [7, 11) is 0. The molecule has 0 amide bonds. The number of aliphatic carboxylic acids is 2. The molecule has 0 bridgehead atoms. The van der Waals surface area contributed by atoms with Crippen LogP contribution in [0.4, 0.5) is 0 Å². The Morgan fingerprint density at radius 2 is 1.53 bits per heavy atom. The monoisotopic (exact) mass is 243 g/mol. The van der Waals surface area contributed by atoms with Gasteiger partial charge in [0, 0.05) is 6.04 Å². The first-order chi connectivity index (χ1) is 7.80. The molecule has 17 heavy (non-hydrogen) atoms. The van der Waals surface area contributed by atoms with Gasteiger partial charge >= 0.3 is 11.9 Å². The molecule has 2 N–H and O–H groups in total. The minimum Gasteiger partial charge on any atom is -0.480 e. The molecule has 1 rings (SSSR count). The van der Waals surface area contributed by atoms with Crippen molar-refractivity contribution in [2.45, 2.75) is 45.6 Å². The van der Waals surface area contributed by atoms with Gasteiger partial charge in [0.05, 0.1) is 13.1 Å². The molecule has 1 aliphatic rings. The molecule has 0 aliphatic heterocycles. The SMILES string of the molecule is CC1(C)CCC(N(CC(=O)O)CC(=O)O)CC1. The number of carboxylic acid groups (broad SMARTS) is 2. The van der Waals surface area contributed by atoms with E-state index in [-0.39, 0.29) is 19.1 Å². The van der Waals surface area contributed by atoms with Gasteiger partial charge in [-0.25, -0.2) is 0 Å². The number of nitrogens with zero attached hydrogens (tertiary/aromatic N) is 1. The van der Waals surface area contributed by atoms with Crippen LogP contribution in [-0.2, 0) is 9.59 Å². The van der Waals surface area contributed by atoms with Gasteiger partial charge in [0.2, 0.25) is 0 Å². The summed E-state index contributed by atoms with van der Waals surface area (Å²) in [6, 6.07) is 0.0928. The van der Waals surface area contributed by atoms with Gasteiger partial charge in [-0.3, -0.25) is 14.5 Å². The maximum atomic E-state index is 10.7. The molecule has 98 valence electrons. The van der Waals surface area contributed by atoms with E-state index in [9.17, 15) is 9.59 Å². The fourth-order valence-electron chi connectivity index (χ4n) is 2.41. The summed E-state index contributed by atoms with van der Waals surface area (Å²) in [6.07, 6.45) is 3.81. The quantitative estimate of drug-likeness (QED) is 0.763. The van der Waals surface area contributed by atoms with Crippen LogP contribution in [0.5, 0.6) is 0 Å². The zero-order chi connectivity index (χ0) is 13.1. The summed E-state index contributed by atoms with van der Waals surface area (Å²) in [4.78, 5) is 23.0. The van der Waals surface area contributed by atoms with Crippen molar-refractivity contribution in [1.29, 1.82) is 0 Å². The summed E-state index contributed by atoms with van der Waals surface area (Å²) >= 11 is 0. The lowest BCUT2D eigenvalue weighted by atomic mass is 9.75. The second kappa shape index (κ2) is 5.49. The molecular formula is C12H21NO4. The Bertz CT molecular complexity index is 275. The normalized spacial score (nSPS) is 20.4. The van der Waals surface area contributed by atoms with Crippen molar-refractivity contribution in [3.63, 3.8) is 0 Å². The van der Waals surface area contributed by atoms with Crippen molar-refractivity contribution in [2.24, 2.45) is 5.41 Å². The molecule has 0 saturated heterocycles. The van der Waals surface area contributed by atoms with E-state index >= 15 is 0 Å². The lowest BCUT2D eigenvalue weighted by Crippen LogP contribution is -2.44. The summed E-state index contributed by atoms with van der Waals surface area (Å²) in [5, 5.41) is 17.6. The molecule has 0 aromatic heterocycles. The fourth-order valence-corrected chi connectivity index (χ4v) is 2.41. The minimum absolute atomic E-state index is 0.0928. The highest BCUT2D eigenvalue weighted by Gasteiger charge is 2.31. The number of hydrogen-bond acceptors (Lipinski definition) is 3. The molecule has 5 nitrogen and oxygen atoms in total. The third kappa shape index (κ3) is 4.73. The zero-order valence-corrected chi connectivity index (χ0v) is 10.5. The van der Waals surface area contributed by atoms with Crippen molar-refractivity contribution >= 4 is 11.9 Å². The maximum Gasteiger partial charge on any atom is 0.317 e. The van der Waals surface area contributed by atoms with Crippen molar-refractivity contribution in [1.82, 2.24) is 4.90 Å². The third-order valence-corrected chi connectivity index (χ3v) is 3.50. The van der Waals surface area contributed by atoms with Gasteiger partial charge in [0.15, 0.2) is 0 Å². The van der Waals surface area contributed by atoms with E-state index in [1.54, 1.807) is 4.90 Å². The van der Waals surface area contributed by atoms with Crippen LogP contribution in [-0.4, -0.2) is 46.2 Å². The molecule has 1 fully saturated rings. The smallest absolute Gasteiger partial charge is 0.317 e. The Labute approximate surface area is 101 Å². The molecule has 5 heteroatoms. The summed E-state index contributed by atoms with van der Waals surface area (Å²) in [5.74, 6) is -1.92. The highest BCUT2D eigenvalue weighted by atomic mass is 16.4.